The number of piperidine rings is 2. The molecule has 1 N–H and O–H groups in total. The molecule has 2 bridgehead atoms. The minimum absolute atomic E-state index is 0.133. The van der Waals surface area contributed by atoms with Gasteiger partial charge in [0.1, 0.15) is 6.61 Å². The van der Waals surface area contributed by atoms with Crippen LogP contribution in [0.1, 0.15) is 38.5 Å². The van der Waals surface area contributed by atoms with Crippen LogP contribution in [-0.2, 0) is 9.53 Å². The van der Waals surface area contributed by atoms with Crippen LogP contribution in [0.2, 0.25) is 0 Å². The fourth-order valence-electron chi connectivity index (χ4n) is 4.39. The smallest absolute Gasteiger partial charge is 0.248 e. The summed E-state index contributed by atoms with van der Waals surface area (Å²) in [4.78, 5) is 16.3. The lowest BCUT2D eigenvalue weighted by molar-refractivity contribution is -0.136. The Morgan fingerprint density at radius 2 is 1.71 bits per heavy atom. The molecular weight excluding hydrogens is 266 g/mol. The van der Waals surface area contributed by atoms with Crippen molar-refractivity contribution in [2.45, 2.75) is 62.7 Å². The number of nitrogens with one attached hydrogen (secondary N) is 1. The highest BCUT2D eigenvalue weighted by molar-refractivity contribution is 5.77. The molecule has 0 aromatic carbocycles. The van der Waals surface area contributed by atoms with Crippen LogP contribution < -0.4 is 5.32 Å². The van der Waals surface area contributed by atoms with Crippen molar-refractivity contribution in [2.75, 3.05) is 33.9 Å². The number of hydrogen-bond acceptors (Lipinski definition) is 4. The summed E-state index contributed by atoms with van der Waals surface area (Å²) in [6.45, 7) is 1.97. The van der Waals surface area contributed by atoms with Gasteiger partial charge in [-0.1, -0.05) is 0 Å². The summed E-state index contributed by atoms with van der Waals surface area (Å²) in [6.07, 6.45) is 7.52. The monoisotopic (exact) mass is 295 g/mol. The predicted octanol–water partition coefficient (Wildman–Crippen LogP) is 0.839. The summed E-state index contributed by atoms with van der Waals surface area (Å²) >= 11 is 0. The average Bonchev–Trinajstić information content (AvgIpc) is 2.71. The van der Waals surface area contributed by atoms with Crippen LogP contribution in [0.15, 0.2) is 0 Å². The minimum Gasteiger partial charge on any atom is -0.375 e. The lowest BCUT2D eigenvalue weighted by Gasteiger charge is -2.40. The van der Waals surface area contributed by atoms with Gasteiger partial charge in [-0.15, -0.1) is 0 Å². The molecule has 0 aliphatic carbocycles. The third-order valence-corrected chi connectivity index (χ3v) is 5.69. The normalized spacial score (nSPS) is 34.4. The largest absolute Gasteiger partial charge is 0.375 e. The van der Waals surface area contributed by atoms with Crippen molar-refractivity contribution in [3.8, 4) is 0 Å². The average molecular weight is 295 g/mol. The molecule has 0 spiro atoms. The molecule has 1 amide bonds. The van der Waals surface area contributed by atoms with Gasteiger partial charge in [0.05, 0.1) is 0 Å². The molecule has 3 fully saturated rings. The van der Waals surface area contributed by atoms with E-state index < -0.39 is 0 Å². The summed E-state index contributed by atoms with van der Waals surface area (Å²) in [5, 5.41) is 3.87. The fourth-order valence-corrected chi connectivity index (χ4v) is 4.39. The van der Waals surface area contributed by atoms with Crippen molar-refractivity contribution in [1.29, 1.82) is 0 Å². The highest BCUT2D eigenvalue weighted by Crippen LogP contribution is 2.34. The van der Waals surface area contributed by atoms with E-state index in [9.17, 15) is 4.79 Å². The Morgan fingerprint density at radius 1 is 1.10 bits per heavy atom. The first-order valence-electron chi connectivity index (χ1n) is 8.42. The van der Waals surface area contributed by atoms with Crippen molar-refractivity contribution < 1.29 is 9.53 Å². The zero-order valence-corrected chi connectivity index (χ0v) is 13.4. The summed E-state index contributed by atoms with van der Waals surface area (Å²) in [7, 11) is 3.87. The standard InChI is InChI=1S/C16H29N3O2/c1-18-14-3-4-15(18)10-13(9-14)17-12-5-7-19(8-6-12)16(20)11-21-2/h12-15,17H,3-11H2,1-2H3. The number of ether oxygens (including phenoxy) is 1. The van der Waals surface area contributed by atoms with E-state index in [1.54, 1.807) is 7.11 Å². The zero-order valence-electron chi connectivity index (χ0n) is 13.4. The highest BCUT2D eigenvalue weighted by atomic mass is 16.5. The number of likely N-dealkylation sites (tertiary alicyclic amines) is 1. The number of fused-ring (bicyclic) bond motifs is 2. The first-order valence-corrected chi connectivity index (χ1v) is 8.42. The van der Waals surface area contributed by atoms with Crippen molar-refractivity contribution >= 4 is 5.91 Å². The van der Waals surface area contributed by atoms with Crippen LogP contribution in [0.5, 0.6) is 0 Å². The van der Waals surface area contributed by atoms with E-state index in [-0.39, 0.29) is 12.5 Å². The Balaban J connectivity index is 1.43. The maximum Gasteiger partial charge on any atom is 0.248 e. The Morgan fingerprint density at radius 3 is 2.29 bits per heavy atom. The summed E-state index contributed by atoms with van der Waals surface area (Å²) in [5.74, 6) is 0.133. The molecule has 3 saturated heterocycles. The molecule has 0 radical (unpaired) electrons. The molecule has 3 rings (SSSR count). The van der Waals surface area contributed by atoms with Gasteiger partial charge in [0.15, 0.2) is 0 Å². The Kier molecular flexibility index (Phi) is 4.82. The molecule has 0 aromatic rings. The predicted molar refractivity (Wildman–Crippen MR) is 82.2 cm³/mol. The second-order valence-electron chi connectivity index (χ2n) is 6.97. The van der Waals surface area contributed by atoms with E-state index in [1.807, 2.05) is 4.90 Å². The van der Waals surface area contributed by atoms with Gasteiger partial charge in [0.25, 0.3) is 0 Å². The van der Waals surface area contributed by atoms with E-state index in [0.717, 1.165) is 38.0 Å². The third-order valence-electron chi connectivity index (χ3n) is 5.69. The van der Waals surface area contributed by atoms with Gasteiger partial charge in [-0.2, -0.15) is 0 Å². The van der Waals surface area contributed by atoms with Crippen LogP contribution in [-0.4, -0.2) is 73.7 Å². The number of hydrogen-bond donors (Lipinski definition) is 1. The van der Waals surface area contributed by atoms with Gasteiger partial charge >= 0.3 is 0 Å². The molecule has 21 heavy (non-hydrogen) atoms. The first-order chi connectivity index (χ1) is 10.2. The van der Waals surface area contributed by atoms with Crippen molar-refractivity contribution in [2.24, 2.45) is 0 Å². The van der Waals surface area contributed by atoms with E-state index in [1.165, 1.54) is 25.7 Å². The van der Waals surface area contributed by atoms with Crippen LogP contribution in [0, 0.1) is 0 Å². The van der Waals surface area contributed by atoms with Gasteiger partial charge in [-0.05, 0) is 45.6 Å². The number of rotatable bonds is 4. The van der Waals surface area contributed by atoms with Gasteiger partial charge in [0, 0.05) is 44.4 Å². The van der Waals surface area contributed by atoms with Crippen LogP contribution in [0.4, 0.5) is 0 Å². The zero-order chi connectivity index (χ0) is 14.8. The number of carbonyl (C=O) groups excluding carboxylic acids is 1. The van der Waals surface area contributed by atoms with Crippen LogP contribution in [0.3, 0.4) is 0 Å². The Bertz CT molecular complexity index is 355. The van der Waals surface area contributed by atoms with Gasteiger partial charge in [0.2, 0.25) is 5.91 Å². The number of carbonyl (C=O) groups is 1. The molecule has 0 aromatic heterocycles. The summed E-state index contributed by atoms with van der Waals surface area (Å²) < 4.78 is 4.93. The maximum absolute atomic E-state index is 11.8. The molecule has 120 valence electrons. The van der Waals surface area contributed by atoms with Crippen molar-refractivity contribution in [3.05, 3.63) is 0 Å². The third kappa shape index (κ3) is 3.41. The lowest BCUT2D eigenvalue weighted by Crippen LogP contribution is -2.53. The summed E-state index contributed by atoms with van der Waals surface area (Å²) in [6, 6.07) is 2.86. The quantitative estimate of drug-likeness (QED) is 0.835. The number of methoxy groups -OCH3 is 1. The highest BCUT2D eigenvalue weighted by Gasteiger charge is 2.39. The molecule has 0 saturated carbocycles. The number of amides is 1. The molecule has 5 nitrogen and oxygen atoms in total. The van der Waals surface area contributed by atoms with E-state index in [2.05, 4.69) is 17.3 Å². The summed E-state index contributed by atoms with van der Waals surface area (Å²) in [5.41, 5.74) is 0. The van der Waals surface area contributed by atoms with Crippen molar-refractivity contribution in [3.63, 3.8) is 0 Å². The van der Waals surface area contributed by atoms with Gasteiger partial charge in [-0.25, -0.2) is 0 Å². The van der Waals surface area contributed by atoms with Gasteiger partial charge in [-0.3, -0.25) is 4.79 Å². The van der Waals surface area contributed by atoms with E-state index >= 15 is 0 Å². The molecule has 3 aliphatic rings. The van der Waals surface area contributed by atoms with Crippen LogP contribution in [0.25, 0.3) is 0 Å². The second-order valence-corrected chi connectivity index (χ2v) is 6.97. The lowest BCUT2D eigenvalue weighted by atomic mass is 9.95. The molecule has 5 heteroatoms. The van der Waals surface area contributed by atoms with E-state index in [0.29, 0.717) is 12.1 Å². The van der Waals surface area contributed by atoms with Gasteiger partial charge < -0.3 is 19.9 Å². The minimum atomic E-state index is 0.133. The molecule has 3 aliphatic heterocycles. The van der Waals surface area contributed by atoms with E-state index in [4.69, 9.17) is 4.74 Å². The molecule has 2 atom stereocenters. The first kappa shape index (κ1) is 15.3. The Labute approximate surface area is 128 Å². The number of nitrogens with zero attached hydrogens (tertiary/aromatic N) is 2. The SMILES string of the molecule is COCC(=O)N1CCC(NC2CC3CCC(C2)N3C)CC1. The molecule has 2 unspecified atom stereocenters. The fraction of sp³-hybridized carbons (Fsp3) is 0.938. The topological polar surface area (TPSA) is 44.8 Å². The second kappa shape index (κ2) is 6.63. The molecular formula is C16H29N3O2. The Hall–Kier alpha value is -0.650. The van der Waals surface area contributed by atoms with Crippen molar-refractivity contribution in [1.82, 2.24) is 15.1 Å². The molecule has 3 heterocycles. The maximum atomic E-state index is 11.8. The van der Waals surface area contributed by atoms with Crippen LogP contribution >= 0.6 is 0 Å².